The monoisotopic (exact) mass is 295 g/mol. The number of hydrogen-bond donors (Lipinski definition) is 2. The van der Waals surface area contributed by atoms with E-state index in [1.807, 2.05) is 49.4 Å². The molecule has 1 aliphatic heterocycles. The number of benzene rings is 2. The van der Waals surface area contributed by atoms with Crippen molar-refractivity contribution in [2.24, 2.45) is 15.3 Å². The lowest BCUT2D eigenvalue weighted by atomic mass is 10.2. The van der Waals surface area contributed by atoms with Crippen LogP contribution in [0.4, 0.5) is 17.1 Å². The molecule has 0 aromatic heterocycles. The number of hydrogen-bond acceptors (Lipinski definition) is 6. The second kappa shape index (κ2) is 5.95. The Bertz CT molecular complexity index is 713. The molecule has 0 amide bonds. The summed E-state index contributed by atoms with van der Waals surface area (Å²) in [4.78, 5) is 0. The third kappa shape index (κ3) is 2.82. The van der Waals surface area contributed by atoms with Gasteiger partial charge in [-0.3, -0.25) is 0 Å². The van der Waals surface area contributed by atoms with Gasteiger partial charge in [-0.1, -0.05) is 24.3 Å². The van der Waals surface area contributed by atoms with Crippen LogP contribution in [0.25, 0.3) is 0 Å². The average Bonchev–Trinajstić information content (AvgIpc) is 2.81. The summed E-state index contributed by atoms with van der Waals surface area (Å²) in [7, 11) is 0. The Kier molecular flexibility index (Phi) is 3.84. The second-order valence-corrected chi connectivity index (χ2v) is 5.09. The van der Waals surface area contributed by atoms with Crippen LogP contribution < -0.4 is 10.7 Å². The Balaban J connectivity index is 1.80. The molecule has 22 heavy (non-hydrogen) atoms. The Morgan fingerprint density at radius 1 is 1.14 bits per heavy atom. The summed E-state index contributed by atoms with van der Waals surface area (Å²) in [5, 5.41) is 24.7. The summed E-state index contributed by atoms with van der Waals surface area (Å²) < 4.78 is 0. The number of nitrogen functional groups attached to an aromatic ring is 1. The van der Waals surface area contributed by atoms with Gasteiger partial charge in [-0.05, 0) is 37.3 Å². The first-order valence-corrected chi connectivity index (χ1v) is 6.99. The molecule has 0 spiro atoms. The zero-order valence-corrected chi connectivity index (χ0v) is 12.2. The van der Waals surface area contributed by atoms with Gasteiger partial charge in [0.1, 0.15) is 0 Å². The molecule has 0 radical (unpaired) electrons. The number of azo groups is 1. The minimum Gasteiger partial charge on any atom is -0.399 e. The molecule has 1 heterocycles. The molecule has 0 bridgehead atoms. The van der Waals surface area contributed by atoms with Gasteiger partial charge in [0.15, 0.2) is 12.3 Å². The van der Waals surface area contributed by atoms with Crippen molar-refractivity contribution in [1.82, 2.24) is 0 Å². The van der Waals surface area contributed by atoms with Crippen LogP contribution in [0, 0.1) is 0 Å². The maximum atomic E-state index is 10.4. The standard InChI is InChI=1S/C16H17N5O/c1-11-15(19-18-13-7-5-6-12(17)10-13)16(22)21(20-11)14-8-3-2-4-9-14/h2-10,15-16,22H,17H2,1H3. The Hall–Kier alpha value is -2.73. The predicted molar refractivity (Wildman–Crippen MR) is 87.2 cm³/mol. The van der Waals surface area contributed by atoms with Gasteiger partial charge in [0, 0.05) is 5.69 Å². The second-order valence-electron chi connectivity index (χ2n) is 5.09. The lowest BCUT2D eigenvalue weighted by Crippen LogP contribution is -2.35. The average molecular weight is 295 g/mol. The molecule has 0 aliphatic carbocycles. The van der Waals surface area contributed by atoms with Crippen molar-refractivity contribution in [3.8, 4) is 0 Å². The molecular formula is C16H17N5O. The summed E-state index contributed by atoms with van der Waals surface area (Å²) in [5.41, 5.74) is 8.52. The third-order valence-corrected chi connectivity index (χ3v) is 3.42. The highest BCUT2D eigenvalue weighted by atomic mass is 16.3. The number of para-hydroxylation sites is 1. The minimum absolute atomic E-state index is 0.498. The van der Waals surface area contributed by atoms with Gasteiger partial charge in [-0.15, -0.1) is 0 Å². The van der Waals surface area contributed by atoms with Crippen LogP contribution in [0.15, 0.2) is 69.9 Å². The number of nitrogens with two attached hydrogens (primary N) is 1. The van der Waals surface area contributed by atoms with Gasteiger partial charge in [0.2, 0.25) is 0 Å². The van der Waals surface area contributed by atoms with Crippen molar-refractivity contribution in [2.75, 3.05) is 10.7 Å². The van der Waals surface area contributed by atoms with E-state index >= 15 is 0 Å². The lowest BCUT2D eigenvalue weighted by Gasteiger charge is -2.20. The zero-order chi connectivity index (χ0) is 15.5. The van der Waals surface area contributed by atoms with Crippen LogP contribution in [0.1, 0.15) is 6.92 Å². The Morgan fingerprint density at radius 3 is 2.64 bits per heavy atom. The Morgan fingerprint density at radius 2 is 1.91 bits per heavy atom. The molecular weight excluding hydrogens is 278 g/mol. The van der Waals surface area contributed by atoms with Crippen molar-refractivity contribution < 1.29 is 5.11 Å². The molecule has 2 atom stereocenters. The molecule has 2 unspecified atom stereocenters. The summed E-state index contributed by atoms with van der Waals surface area (Å²) in [6, 6.07) is 16.1. The van der Waals surface area contributed by atoms with Gasteiger partial charge < -0.3 is 10.8 Å². The van der Waals surface area contributed by atoms with E-state index in [4.69, 9.17) is 5.73 Å². The van der Waals surface area contributed by atoms with Crippen LogP contribution in [0.5, 0.6) is 0 Å². The van der Waals surface area contributed by atoms with E-state index in [1.54, 1.807) is 17.1 Å². The predicted octanol–water partition coefficient (Wildman–Crippen LogP) is 2.94. The fourth-order valence-electron chi connectivity index (χ4n) is 2.29. The first-order valence-electron chi connectivity index (χ1n) is 6.99. The van der Waals surface area contributed by atoms with Crippen LogP contribution in [-0.2, 0) is 0 Å². The topological polar surface area (TPSA) is 86.6 Å². The molecule has 0 saturated heterocycles. The lowest BCUT2D eigenvalue weighted by molar-refractivity contribution is 0.170. The highest BCUT2D eigenvalue weighted by molar-refractivity contribution is 5.91. The van der Waals surface area contributed by atoms with Gasteiger partial charge in [-0.25, -0.2) is 5.01 Å². The Labute approximate surface area is 128 Å². The first-order chi connectivity index (χ1) is 10.6. The summed E-state index contributed by atoms with van der Waals surface area (Å²) in [5.74, 6) is 0. The molecule has 0 saturated carbocycles. The van der Waals surface area contributed by atoms with Crippen molar-refractivity contribution in [3.05, 3.63) is 54.6 Å². The molecule has 2 aromatic rings. The summed E-state index contributed by atoms with van der Waals surface area (Å²) in [6.45, 7) is 1.83. The molecule has 112 valence electrons. The van der Waals surface area contributed by atoms with Gasteiger partial charge in [-0.2, -0.15) is 15.3 Å². The van der Waals surface area contributed by atoms with Crippen molar-refractivity contribution >= 4 is 22.8 Å². The fourth-order valence-corrected chi connectivity index (χ4v) is 2.29. The number of aliphatic hydroxyl groups is 1. The van der Waals surface area contributed by atoms with E-state index in [0.717, 1.165) is 5.69 Å². The largest absolute Gasteiger partial charge is 0.399 e. The molecule has 3 N–H and O–H groups in total. The maximum Gasteiger partial charge on any atom is 0.177 e. The summed E-state index contributed by atoms with van der Waals surface area (Å²) >= 11 is 0. The molecule has 1 aliphatic rings. The molecule has 3 rings (SSSR count). The number of nitrogens with zero attached hydrogens (tertiary/aromatic N) is 4. The van der Waals surface area contributed by atoms with E-state index in [1.165, 1.54) is 0 Å². The normalized spacial score (nSPS) is 21.4. The SMILES string of the molecule is CC1=NN(c2ccccc2)C(O)C1N=Nc1cccc(N)c1. The third-order valence-electron chi connectivity index (χ3n) is 3.42. The van der Waals surface area contributed by atoms with E-state index in [2.05, 4.69) is 15.3 Å². The number of hydrazone groups is 1. The molecule has 6 heteroatoms. The smallest absolute Gasteiger partial charge is 0.177 e. The van der Waals surface area contributed by atoms with E-state index in [0.29, 0.717) is 17.1 Å². The van der Waals surface area contributed by atoms with Crippen molar-refractivity contribution in [2.45, 2.75) is 19.2 Å². The highest BCUT2D eigenvalue weighted by Gasteiger charge is 2.34. The highest BCUT2D eigenvalue weighted by Crippen LogP contribution is 2.26. The molecule has 0 fully saturated rings. The quantitative estimate of drug-likeness (QED) is 0.674. The van der Waals surface area contributed by atoms with Gasteiger partial charge in [0.25, 0.3) is 0 Å². The van der Waals surface area contributed by atoms with Crippen LogP contribution >= 0.6 is 0 Å². The van der Waals surface area contributed by atoms with Crippen molar-refractivity contribution in [3.63, 3.8) is 0 Å². The van der Waals surface area contributed by atoms with E-state index in [9.17, 15) is 5.11 Å². The van der Waals surface area contributed by atoms with Crippen LogP contribution in [0.3, 0.4) is 0 Å². The summed E-state index contributed by atoms with van der Waals surface area (Å²) in [6.07, 6.45) is -0.868. The zero-order valence-electron chi connectivity index (χ0n) is 12.2. The van der Waals surface area contributed by atoms with E-state index in [-0.39, 0.29) is 0 Å². The van der Waals surface area contributed by atoms with Gasteiger partial charge >= 0.3 is 0 Å². The van der Waals surface area contributed by atoms with Crippen molar-refractivity contribution in [1.29, 1.82) is 0 Å². The minimum atomic E-state index is -0.868. The number of aliphatic hydroxyl groups excluding tert-OH is 1. The first kappa shape index (κ1) is 14.2. The number of anilines is 2. The maximum absolute atomic E-state index is 10.4. The van der Waals surface area contributed by atoms with Crippen LogP contribution in [0.2, 0.25) is 0 Å². The number of rotatable bonds is 3. The van der Waals surface area contributed by atoms with Gasteiger partial charge in [0.05, 0.1) is 17.1 Å². The fraction of sp³-hybridized carbons (Fsp3) is 0.188. The molecule has 6 nitrogen and oxygen atoms in total. The van der Waals surface area contributed by atoms with Crippen LogP contribution in [-0.4, -0.2) is 23.1 Å². The molecule has 2 aromatic carbocycles. The van der Waals surface area contributed by atoms with E-state index < -0.39 is 12.3 Å².